The van der Waals surface area contributed by atoms with Gasteiger partial charge in [0.15, 0.2) is 5.65 Å². The number of nitrogens with one attached hydrogen (secondary N) is 1. The summed E-state index contributed by atoms with van der Waals surface area (Å²) in [5.41, 5.74) is 11.1. The van der Waals surface area contributed by atoms with Crippen LogP contribution in [0.1, 0.15) is 40.1 Å². The molecule has 1 amide bonds. The number of benzene rings is 1. The third-order valence-corrected chi connectivity index (χ3v) is 7.07. The number of hydrogen-bond donors (Lipinski definition) is 2. The van der Waals surface area contributed by atoms with Crippen molar-refractivity contribution in [1.82, 2.24) is 34.4 Å². The average Bonchev–Trinajstić information content (AvgIpc) is 3.66. The van der Waals surface area contributed by atoms with E-state index in [1.807, 2.05) is 55.9 Å². The van der Waals surface area contributed by atoms with Crippen LogP contribution in [0.15, 0.2) is 72.9 Å². The van der Waals surface area contributed by atoms with Gasteiger partial charge < -0.3 is 11.1 Å². The van der Waals surface area contributed by atoms with E-state index in [0.29, 0.717) is 5.65 Å². The summed E-state index contributed by atoms with van der Waals surface area (Å²) in [5, 5.41) is 10.2. The van der Waals surface area contributed by atoms with Gasteiger partial charge in [0.2, 0.25) is 0 Å². The highest BCUT2D eigenvalue weighted by Gasteiger charge is 2.23. The molecule has 0 bridgehead atoms. The Bertz CT molecular complexity index is 1870. The van der Waals surface area contributed by atoms with Crippen LogP contribution in [-0.2, 0) is 7.05 Å². The molecule has 0 aliphatic carbocycles. The Morgan fingerprint density at radius 3 is 2.82 bits per heavy atom. The minimum absolute atomic E-state index is 0.121. The number of thiophene rings is 1. The molecule has 186 valence electrons. The van der Waals surface area contributed by atoms with Crippen LogP contribution >= 0.6 is 11.3 Å². The van der Waals surface area contributed by atoms with Crippen molar-refractivity contribution in [2.24, 2.45) is 7.05 Å². The van der Waals surface area contributed by atoms with E-state index in [-0.39, 0.29) is 17.3 Å². The number of anilines is 1. The predicted molar refractivity (Wildman–Crippen MR) is 148 cm³/mol. The highest BCUT2D eigenvalue weighted by Crippen LogP contribution is 2.34. The lowest BCUT2D eigenvalue weighted by Crippen LogP contribution is -2.29. The molecule has 1 atom stereocenters. The Balaban J connectivity index is 1.41. The molecule has 6 aromatic rings. The van der Waals surface area contributed by atoms with Gasteiger partial charge in [-0.25, -0.2) is 15.0 Å². The summed E-state index contributed by atoms with van der Waals surface area (Å²) >= 11 is 1.52. The summed E-state index contributed by atoms with van der Waals surface area (Å²) in [6.07, 6.45) is 8.47. The second kappa shape index (κ2) is 9.46. The van der Waals surface area contributed by atoms with E-state index in [1.165, 1.54) is 17.7 Å². The molecule has 1 aromatic carbocycles. The molecule has 0 unspecified atom stereocenters. The predicted octanol–water partition coefficient (Wildman–Crippen LogP) is 4.21. The first-order valence-electron chi connectivity index (χ1n) is 11.8. The molecule has 5 aromatic heterocycles. The minimum atomic E-state index is -0.427. The number of imidazole rings is 1. The van der Waals surface area contributed by atoms with Crippen LogP contribution in [0.3, 0.4) is 0 Å². The maximum absolute atomic E-state index is 13.4. The fourth-order valence-corrected chi connectivity index (χ4v) is 5.19. The zero-order valence-electron chi connectivity index (χ0n) is 20.6. The Morgan fingerprint density at radius 2 is 2.03 bits per heavy atom. The van der Waals surface area contributed by atoms with Crippen LogP contribution in [0.2, 0.25) is 0 Å². The number of pyridine rings is 1. The maximum atomic E-state index is 13.4. The molecular formula is C28H22N8OS. The van der Waals surface area contributed by atoms with Crippen molar-refractivity contribution in [3.63, 3.8) is 0 Å². The van der Waals surface area contributed by atoms with E-state index in [4.69, 9.17) is 10.7 Å². The Hall–Kier alpha value is -5.01. The van der Waals surface area contributed by atoms with E-state index in [2.05, 4.69) is 38.3 Å². The van der Waals surface area contributed by atoms with E-state index in [1.54, 1.807) is 27.7 Å². The molecule has 0 fully saturated rings. The van der Waals surface area contributed by atoms with E-state index >= 15 is 0 Å². The fourth-order valence-electron chi connectivity index (χ4n) is 4.33. The summed E-state index contributed by atoms with van der Waals surface area (Å²) in [5.74, 6) is 6.20. The standard InChI is InChI=1S/C28H22N8OS/c1-17(33-27(37)23-25(29)31-16-36-11-10-30-26(23)36)24-21(19-6-4-3-5-7-19)12-22-20(15-38-28(22)34-24)9-8-18-13-32-35(2)14-18/h3-7,10-17H,29H2,1-2H3,(H,33,37)/t17-/m0/s1. The second-order valence-corrected chi connectivity index (χ2v) is 9.66. The van der Waals surface area contributed by atoms with Crippen molar-refractivity contribution < 1.29 is 4.79 Å². The summed E-state index contributed by atoms with van der Waals surface area (Å²) in [7, 11) is 1.86. The molecule has 38 heavy (non-hydrogen) atoms. The second-order valence-electron chi connectivity index (χ2n) is 8.80. The fraction of sp³-hybridized carbons (Fsp3) is 0.107. The van der Waals surface area contributed by atoms with E-state index < -0.39 is 6.04 Å². The van der Waals surface area contributed by atoms with Crippen LogP contribution in [0.5, 0.6) is 0 Å². The summed E-state index contributed by atoms with van der Waals surface area (Å²) in [6, 6.07) is 11.7. The Kier molecular flexibility index (Phi) is 5.82. The summed E-state index contributed by atoms with van der Waals surface area (Å²) in [4.78, 5) is 27.6. The lowest BCUT2D eigenvalue weighted by Gasteiger charge is -2.18. The normalized spacial score (nSPS) is 11.8. The molecule has 10 heteroatoms. The number of carbonyl (C=O) groups excluding carboxylic acids is 1. The van der Waals surface area contributed by atoms with Gasteiger partial charge in [0.1, 0.15) is 22.5 Å². The molecule has 0 aliphatic heterocycles. The molecule has 9 nitrogen and oxygen atoms in total. The summed E-state index contributed by atoms with van der Waals surface area (Å²) < 4.78 is 3.39. The molecular weight excluding hydrogens is 496 g/mol. The molecule has 0 spiro atoms. The topological polar surface area (TPSA) is 116 Å². The van der Waals surface area contributed by atoms with Crippen LogP contribution in [-0.4, -0.2) is 35.0 Å². The van der Waals surface area contributed by atoms with Crippen molar-refractivity contribution in [2.75, 3.05) is 5.73 Å². The quantitative estimate of drug-likeness (QED) is 0.338. The van der Waals surface area contributed by atoms with Gasteiger partial charge in [-0.3, -0.25) is 13.9 Å². The van der Waals surface area contributed by atoms with Crippen molar-refractivity contribution in [3.8, 4) is 23.0 Å². The minimum Gasteiger partial charge on any atom is -0.383 e. The number of carbonyl (C=O) groups is 1. The van der Waals surface area contributed by atoms with Crippen LogP contribution < -0.4 is 11.1 Å². The number of nitrogen functional groups attached to an aromatic ring is 1. The van der Waals surface area contributed by atoms with Crippen molar-refractivity contribution >= 4 is 38.9 Å². The van der Waals surface area contributed by atoms with Crippen molar-refractivity contribution in [2.45, 2.75) is 13.0 Å². The van der Waals surface area contributed by atoms with E-state index in [0.717, 1.165) is 38.2 Å². The molecule has 0 saturated heterocycles. The van der Waals surface area contributed by atoms with Crippen LogP contribution in [0.25, 0.3) is 27.0 Å². The number of nitrogens with two attached hydrogens (primary N) is 1. The number of fused-ring (bicyclic) bond motifs is 2. The van der Waals surface area contributed by atoms with Gasteiger partial charge in [-0.2, -0.15) is 5.10 Å². The van der Waals surface area contributed by atoms with Crippen molar-refractivity contribution in [1.29, 1.82) is 0 Å². The zero-order valence-corrected chi connectivity index (χ0v) is 21.4. The maximum Gasteiger partial charge on any atom is 0.259 e. The van der Waals surface area contributed by atoms with Crippen molar-refractivity contribution in [3.05, 3.63) is 95.3 Å². The van der Waals surface area contributed by atoms with Gasteiger partial charge >= 0.3 is 0 Å². The van der Waals surface area contributed by atoms with Gasteiger partial charge in [-0.1, -0.05) is 42.2 Å². The average molecular weight is 519 g/mol. The first-order valence-corrected chi connectivity index (χ1v) is 12.7. The third-order valence-electron chi connectivity index (χ3n) is 6.18. The number of rotatable bonds is 4. The number of amides is 1. The number of nitrogens with zero attached hydrogens (tertiary/aromatic N) is 6. The van der Waals surface area contributed by atoms with Crippen LogP contribution in [0, 0.1) is 11.8 Å². The zero-order chi connectivity index (χ0) is 26.2. The lowest BCUT2D eigenvalue weighted by atomic mass is 9.98. The number of aromatic nitrogens is 6. The van der Waals surface area contributed by atoms with Gasteiger partial charge in [-0.15, -0.1) is 11.3 Å². The molecule has 3 N–H and O–H groups in total. The number of hydrogen-bond acceptors (Lipinski definition) is 7. The first kappa shape index (κ1) is 23.4. The summed E-state index contributed by atoms with van der Waals surface area (Å²) in [6.45, 7) is 1.91. The van der Waals surface area contributed by atoms with Gasteiger partial charge in [0.25, 0.3) is 5.91 Å². The van der Waals surface area contributed by atoms with Crippen LogP contribution in [0.4, 0.5) is 5.82 Å². The molecule has 0 aliphatic rings. The smallest absolute Gasteiger partial charge is 0.259 e. The molecule has 6 rings (SSSR count). The van der Waals surface area contributed by atoms with E-state index in [9.17, 15) is 4.79 Å². The first-order chi connectivity index (χ1) is 18.5. The molecule has 0 saturated carbocycles. The van der Waals surface area contributed by atoms with Gasteiger partial charge in [0.05, 0.1) is 23.5 Å². The highest BCUT2D eigenvalue weighted by atomic mass is 32.1. The monoisotopic (exact) mass is 518 g/mol. The van der Waals surface area contributed by atoms with Gasteiger partial charge in [0, 0.05) is 47.5 Å². The largest absolute Gasteiger partial charge is 0.383 e. The third kappa shape index (κ3) is 4.25. The molecule has 0 radical (unpaired) electrons. The highest BCUT2D eigenvalue weighted by molar-refractivity contribution is 7.17. The van der Waals surface area contributed by atoms with Gasteiger partial charge in [-0.05, 0) is 18.6 Å². The Morgan fingerprint density at radius 1 is 1.18 bits per heavy atom. The number of aryl methyl sites for hydroxylation is 1. The SMILES string of the molecule is C[C@H](NC(=O)c1c(N)ncn2ccnc12)c1nc2scc(C#Cc3cnn(C)c3)c2cc1-c1ccccc1. The molecule has 5 heterocycles. The lowest BCUT2D eigenvalue weighted by molar-refractivity contribution is 0.0941. The Labute approximate surface area is 222 Å².